The molecule has 0 fully saturated rings. The molecule has 1 nitrogen and oxygen atoms in total. The monoisotopic (exact) mass is 763 g/mol. The van der Waals surface area contributed by atoms with E-state index in [4.69, 9.17) is 0 Å². The van der Waals surface area contributed by atoms with Gasteiger partial charge in [-0.05, 0) is 144 Å². The largest absolute Gasteiger partial charge is 0.310 e. The van der Waals surface area contributed by atoms with Crippen LogP contribution in [0.5, 0.6) is 0 Å². The maximum atomic E-state index is 4.19. The second-order valence-corrected chi connectivity index (χ2v) is 17.8. The van der Waals surface area contributed by atoms with Gasteiger partial charge >= 0.3 is 0 Å². The van der Waals surface area contributed by atoms with Crippen molar-refractivity contribution in [1.82, 2.24) is 0 Å². The fourth-order valence-electron chi connectivity index (χ4n) is 10.4. The van der Waals surface area contributed by atoms with Crippen molar-refractivity contribution in [3.63, 3.8) is 0 Å². The second-order valence-electron chi connectivity index (χ2n) is 17.8. The fraction of sp³-hybridized carbons (Fsp3) is 0.172. The van der Waals surface area contributed by atoms with Gasteiger partial charge in [0, 0.05) is 33.3 Å². The van der Waals surface area contributed by atoms with E-state index in [-0.39, 0.29) is 16.2 Å². The number of nitrogens with zero attached hydrogens (tertiary/aromatic N) is 1. The molecule has 1 heteroatoms. The van der Waals surface area contributed by atoms with Gasteiger partial charge in [-0.1, -0.05) is 171 Å². The molecule has 290 valence electrons. The van der Waals surface area contributed by atoms with Crippen molar-refractivity contribution in [2.24, 2.45) is 0 Å². The first-order chi connectivity index (χ1) is 28.4. The Morgan fingerprint density at radius 3 is 1.78 bits per heavy atom. The van der Waals surface area contributed by atoms with E-state index < -0.39 is 0 Å². The van der Waals surface area contributed by atoms with Gasteiger partial charge in [0.2, 0.25) is 0 Å². The van der Waals surface area contributed by atoms with E-state index in [1.807, 2.05) is 31.2 Å². The SMILES string of the molecule is C=CC1=C(C=C)C(C)(C)c2cc(N(c3ccc(/C(C=C)=C/C=C\C)cc3)c3ccc(-c4cccc5c4-c4cc6c(cc4C5(C)C)-c4ccccc4C6(C)C)cc3)ccc21. The van der Waals surface area contributed by atoms with Gasteiger partial charge in [0.15, 0.2) is 0 Å². The van der Waals surface area contributed by atoms with Gasteiger partial charge in [-0.15, -0.1) is 0 Å². The van der Waals surface area contributed by atoms with Crippen LogP contribution < -0.4 is 4.90 Å². The molecule has 0 saturated carbocycles. The van der Waals surface area contributed by atoms with Gasteiger partial charge in [-0.2, -0.15) is 0 Å². The topological polar surface area (TPSA) is 3.24 Å². The Hall–Kier alpha value is -6.44. The summed E-state index contributed by atoms with van der Waals surface area (Å²) in [5.41, 5.74) is 23.6. The number of fused-ring (bicyclic) bond motifs is 7. The molecule has 0 heterocycles. The van der Waals surface area contributed by atoms with Crippen LogP contribution in [0.25, 0.3) is 44.5 Å². The second kappa shape index (κ2) is 13.8. The van der Waals surface area contributed by atoms with Crippen molar-refractivity contribution in [2.45, 2.75) is 64.7 Å². The Balaban J connectivity index is 1.16. The van der Waals surface area contributed by atoms with E-state index in [1.54, 1.807) is 0 Å². The third kappa shape index (κ3) is 5.66. The van der Waals surface area contributed by atoms with Crippen molar-refractivity contribution >= 4 is 28.2 Å². The third-order valence-electron chi connectivity index (χ3n) is 13.6. The number of rotatable bonds is 9. The van der Waals surface area contributed by atoms with Crippen LogP contribution in [0.15, 0.2) is 183 Å². The van der Waals surface area contributed by atoms with E-state index in [2.05, 4.69) is 200 Å². The molecule has 0 bridgehead atoms. The van der Waals surface area contributed by atoms with Gasteiger partial charge in [-0.25, -0.2) is 0 Å². The molecule has 0 atom stereocenters. The first kappa shape index (κ1) is 38.1. The van der Waals surface area contributed by atoms with E-state index in [9.17, 15) is 0 Å². The number of benzene rings is 6. The van der Waals surface area contributed by atoms with Crippen molar-refractivity contribution in [3.05, 3.63) is 222 Å². The maximum absolute atomic E-state index is 4.19. The molecular weight excluding hydrogens is 711 g/mol. The lowest BCUT2D eigenvalue weighted by Gasteiger charge is -2.29. The van der Waals surface area contributed by atoms with Crippen molar-refractivity contribution in [2.75, 3.05) is 4.90 Å². The summed E-state index contributed by atoms with van der Waals surface area (Å²) >= 11 is 0. The smallest absolute Gasteiger partial charge is 0.0465 e. The summed E-state index contributed by atoms with van der Waals surface area (Å²) < 4.78 is 0. The third-order valence-corrected chi connectivity index (χ3v) is 13.6. The molecule has 3 aliphatic carbocycles. The summed E-state index contributed by atoms with van der Waals surface area (Å²) in [7, 11) is 0. The van der Waals surface area contributed by atoms with Gasteiger partial charge in [-0.3, -0.25) is 0 Å². The summed E-state index contributed by atoms with van der Waals surface area (Å²) in [5.74, 6) is 0. The zero-order chi connectivity index (χ0) is 41.4. The number of anilines is 3. The standard InChI is InChI=1S/C58H53N/c1-11-15-19-37(12-2)38-24-28-40(29-25-38)59(42-32-33-46-43(13-3)49(14-4)56(5,6)52(46)34-42)41-30-26-39(27-31-41)44-21-18-23-51-55(44)48-36-53-47(35-54(48)58(51,9)10)45-20-16-17-22-50(45)57(53,7)8/h11-36H,2-4H2,1,5-10H3/b15-11-,37-19+. The Morgan fingerprint density at radius 2 is 1.10 bits per heavy atom. The summed E-state index contributed by atoms with van der Waals surface area (Å²) in [6.45, 7) is 28.6. The average molecular weight is 764 g/mol. The molecule has 0 radical (unpaired) electrons. The van der Waals surface area contributed by atoms with Crippen molar-refractivity contribution < 1.29 is 0 Å². The highest BCUT2D eigenvalue weighted by molar-refractivity contribution is 5.96. The van der Waals surface area contributed by atoms with Crippen molar-refractivity contribution in [3.8, 4) is 33.4 Å². The van der Waals surface area contributed by atoms with Crippen LogP contribution in [0.1, 0.15) is 87.4 Å². The first-order valence-electron chi connectivity index (χ1n) is 20.9. The molecule has 0 aromatic heterocycles. The molecule has 0 unspecified atom stereocenters. The van der Waals surface area contributed by atoms with E-state index >= 15 is 0 Å². The van der Waals surface area contributed by atoms with E-state index in [0.717, 1.165) is 33.8 Å². The molecule has 59 heavy (non-hydrogen) atoms. The highest BCUT2D eigenvalue weighted by Gasteiger charge is 2.42. The molecule has 0 saturated heterocycles. The highest BCUT2D eigenvalue weighted by atomic mass is 15.1. The lowest BCUT2D eigenvalue weighted by molar-refractivity contribution is 0.652. The van der Waals surface area contributed by atoms with Crippen LogP contribution in [0, 0.1) is 0 Å². The van der Waals surface area contributed by atoms with Gasteiger partial charge in [0.1, 0.15) is 0 Å². The molecule has 6 aromatic rings. The van der Waals surface area contributed by atoms with Crippen LogP contribution in [0.3, 0.4) is 0 Å². The molecule has 3 aliphatic rings. The van der Waals surface area contributed by atoms with Crippen LogP contribution in [0.4, 0.5) is 17.1 Å². The maximum Gasteiger partial charge on any atom is 0.0465 e. The van der Waals surface area contributed by atoms with Crippen LogP contribution in [-0.2, 0) is 16.2 Å². The minimum absolute atomic E-state index is 0.0639. The first-order valence-corrected chi connectivity index (χ1v) is 20.9. The van der Waals surface area contributed by atoms with Crippen LogP contribution in [0.2, 0.25) is 0 Å². The van der Waals surface area contributed by atoms with Gasteiger partial charge < -0.3 is 4.90 Å². The Bertz CT molecular complexity index is 2830. The normalized spacial score (nSPS) is 16.3. The average Bonchev–Trinajstić information content (AvgIpc) is 3.72. The quantitative estimate of drug-likeness (QED) is 0.133. The summed E-state index contributed by atoms with van der Waals surface area (Å²) in [4.78, 5) is 2.38. The Kier molecular flexibility index (Phi) is 8.94. The summed E-state index contributed by atoms with van der Waals surface area (Å²) in [6, 6.07) is 45.8. The minimum Gasteiger partial charge on any atom is -0.310 e. The van der Waals surface area contributed by atoms with E-state index in [0.29, 0.717) is 0 Å². The van der Waals surface area contributed by atoms with Gasteiger partial charge in [0.25, 0.3) is 0 Å². The predicted octanol–water partition coefficient (Wildman–Crippen LogP) is 16.0. The molecule has 0 amide bonds. The zero-order valence-electron chi connectivity index (χ0n) is 35.6. The highest BCUT2D eigenvalue weighted by Crippen LogP contribution is 2.58. The number of hydrogen-bond donors (Lipinski definition) is 0. The predicted molar refractivity (Wildman–Crippen MR) is 255 cm³/mol. The molecule has 0 spiro atoms. The molecule has 9 rings (SSSR count). The lowest BCUT2D eigenvalue weighted by atomic mass is 9.79. The zero-order valence-corrected chi connectivity index (χ0v) is 35.6. The summed E-state index contributed by atoms with van der Waals surface area (Å²) in [5, 5.41) is 0. The fourth-order valence-corrected chi connectivity index (χ4v) is 10.4. The molecular formula is C58H53N. The number of hydrogen-bond acceptors (Lipinski definition) is 1. The number of allylic oxidation sites excluding steroid dienone is 9. The Labute approximate surface area is 351 Å². The molecule has 6 aromatic carbocycles. The minimum atomic E-state index is -0.206. The van der Waals surface area contributed by atoms with Crippen LogP contribution >= 0.6 is 0 Å². The lowest BCUT2D eigenvalue weighted by Crippen LogP contribution is -2.17. The van der Waals surface area contributed by atoms with Gasteiger partial charge in [0.05, 0.1) is 0 Å². The Morgan fingerprint density at radius 1 is 0.508 bits per heavy atom. The molecule has 0 N–H and O–H groups in total. The van der Waals surface area contributed by atoms with Crippen LogP contribution in [-0.4, -0.2) is 0 Å². The molecule has 0 aliphatic heterocycles. The van der Waals surface area contributed by atoms with Crippen molar-refractivity contribution in [1.29, 1.82) is 0 Å². The van der Waals surface area contributed by atoms with E-state index in [1.165, 1.54) is 72.3 Å². The summed E-state index contributed by atoms with van der Waals surface area (Å²) in [6.07, 6.45) is 12.1.